The van der Waals surface area contributed by atoms with E-state index in [9.17, 15) is 9.59 Å². The lowest BCUT2D eigenvalue weighted by Gasteiger charge is -2.10. The molecule has 1 N–H and O–H groups in total. The van der Waals surface area contributed by atoms with Crippen molar-refractivity contribution in [1.82, 2.24) is 9.38 Å². The minimum absolute atomic E-state index is 0.0768. The second kappa shape index (κ2) is 9.23. The van der Waals surface area contributed by atoms with E-state index in [1.807, 2.05) is 39.0 Å². The number of ether oxygens (including phenoxy) is 2. The summed E-state index contributed by atoms with van der Waals surface area (Å²) in [5.74, 6) is 1.02. The van der Waals surface area contributed by atoms with Gasteiger partial charge in [-0.1, -0.05) is 6.07 Å². The van der Waals surface area contributed by atoms with Crippen molar-refractivity contribution in [2.24, 2.45) is 0 Å². The van der Waals surface area contributed by atoms with Crippen molar-refractivity contribution in [1.29, 1.82) is 0 Å². The minimum atomic E-state index is -0.249. The lowest BCUT2D eigenvalue weighted by atomic mass is 10.1. The fourth-order valence-corrected chi connectivity index (χ4v) is 3.92. The van der Waals surface area contributed by atoms with Gasteiger partial charge in [0.15, 0.2) is 11.6 Å². The quantitative estimate of drug-likeness (QED) is 0.455. The van der Waals surface area contributed by atoms with Gasteiger partial charge in [-0.3, -0.25) is 14.0 Å². The first-order valence-corrected chi connectivity index (χ1v) is 10.9. The van der Waals surface area contributed by atoms with Crippen LogP contribution >= 0.6 is 11.3 Å². The number of aromatic nitrogens is 2. The molecule has 1 amide bonds. The zero-order valence-corrected chi connectivity index (χ0v) is 18.9. The van der Waals surface area contributed by atoms with Crippen molar-refractivity contribution in [2.45, 2.75) is 27.4 Å². The third-order valence-electron chi connectivity index (χ3n) is 4.91. The number of nitrogens with zero attached hydrogens (tertiary/aromatic N) is 2. The number of aryl methyl sites for hydroxylation is 3. The Kier molecular flexibility index (Phi) is 6.23. The van der Waals surface area contributed by atoms with Gasteiger partial charge >= 0.3 is 0 Å². The van der Waals surface area contributed by atoms with Gasteiger partial charge in [0, 0.05) is 22.8 Å². The van der Waals surface area contributed by atoms with E-state index in [0.717, 1.165) is 10.4 Å². The van der Waals surface area contributed by atoms with Gasteiger partial charge in [0.25, 0.3) is 11.5 Å². The topological polar surface area (TPSA) is 81.9 Å². The summed E-state index contributed by atoms with van der Waals surface area (Å²) in [5, 5.41) is 2.79. The van der Waals surface area contributed by atoms with Crippen molar-refractivity contribution in [3.63, 3.8) is 0 Å². The SMILES string of the molecule is Cc1cn2c(=O)cc(COc3ccc(NC(=O)COc4ccc(C)c(C)c4)cc3)nc2s1. The summed E-state index contributed by atoms with van der Waals surface area (Å²) in [6, 6.07) is 14.2. The number of amides is 1. The maximum atomic E-state index is 12.2. The van der Waals surface area contributed by atoms with Crippen LogP contribution in [0.15, 0.2) is 59.5 Å². The molecular formula is C24H23N3O4S. The van der Waals surface area contributed by atoms with Crippen LogP contribution in [0.3, 0.4) is 0 Å². The molecule has 2 aromatic carbocycles. The second-order valence-corrected chi connectivity index (χ2v) is 8.69. The first-order chi connectivity index (χ1) is 15.4. The zero-order chi connectivity index (χ0) is 22.7. The van der Waals surface area contributed by atoms with E-state index < -0.39 is 0 Å². The Morgan fingerprint density at radius 3 is 2.50 bits per heavy atom. The molecule has 4 rings (SSSR count). The molecule has 8 heteroatoms. The first kappa shape index (κ1) is 21.6. The number of benzene rings is 2. The monoisotopic (exact) mass is 449 g/mol. The molecule has 0 aliphatic heterocycles. The molecule has 0 unspecified atom stereocenters. The van der Waals surface area contributed by atoms with Gasteiger partial charge < -0.3 is 14.8 Å². The van der Waals surface area contributed by atoms with Crippen LogP contribution in [0.25, 0.3) is 4.96 Å². The predicted molar refractivity (Wildman–Crippen MR) is 125 cm³/mol. The summed E-state index contributed by atoms with van der Waals surface area (Å²) in [7, 11) is 0. The van der Waals surface area contributed by atoms with Crippen molar-refractivity contribution < 1.29 is 14.3 Å². The molecular weight excluding hydrogens is 426 g/mol. The Labute approximate surface area is 189 Å². The Balaban J connectivity index is 1.30. The van der Waals surface area contributed by atoms with Gasteiger partial charge in [-0.25, -0.2) is 4.98 Å². The van der Waals surface area contributed by atoms with Gasteiger partial charge in [0.2, 0.25) is 0 Å². The van der Waals surface area contributed by atoms with E-state index in [1.165, 1.54) is 27.4 Å². The molecule has 4 aromatic rings. The third kappa shape index (κ3) is 5.15. The van der Waals surface area contributed by atoms with E-state index in [4.69, 9.17) is 9.47 Å². The van der Waals surface area contributed by atoms with E-state index in [-0.39, 0.29) is 24.7 Å². The number of hydrogen-bond acceptors (Lipinski definition) is 6. The van der Waals surface area contributed by atoms with Crippen molar-refractivity contribution in [3.05, 3.63) is 86.8 Å². The molecule has 0 saturated heterocycles. The normalized spacial score (nSPS) is 10.8. The smallest absolute Gasteiger partial charge is 0.262 e. The Morgan fingerprint density at radius 1 is 1.00 bits per heavy atom. The molecule has 0 aliphatic rings. The lowest BCUT2D eigenvalue weighted by molar-refractivity contribution is -0.118. The molecule has 164 valence electrons. The molecule has 0 radical (unpaired) electrons. The molecule has 32 heavy (non-hydrogen) atoms. The van der Waals surface area contributed by atoms with Crippen LogP contribution in [0.4, 0.5) is 5.69 Å². The predicted octanol–water partition coefficient (Wildman–Crippen LogP) is 4.28. The summed E-state index contributed by atoms with van der Waals surface area (Å²) in [6.07, 6.45) is 1.78. The number of thiazole rings is 1. The highest BCUT2D eigenvalue weighted by Gasteiger charge is 2.08. The lowest BCUT2D eigenvalue weighted by Crippen LogP contribution is -2.20. The maximum absolute atomic E-state index is 12.2. The number of fused-ring (bicyclic) bond motifs is 1. The average molecular weight is 450 g/mol. The van der Waals surface area contributed by atoms with Crippen LogP contribution < -0.4 is 20.3 Å². The van der Waals surface area contributed by atoms with Crippen LogP contribution in [0, 0.1) is 20.8 Å². The second-order valence-electron chi connectivity index (χ2n) is 7.48. The van der Waals surface area contributed by atoms with Gasteiger partial charge in [-0.2, -0.15) is 0 Å². The Bertz CT molecular complexity index is 1330. The molecule has 0 fully saturated rings. The number of rotatable bonds is 7. The highest BCUT2D eigenvalue weighted by atomic mass is 32.1. The molecule has 2 aromatic heterocycles. The van der Waals surface area contributed by atoms with Gasteiger partial charge in [-0.05, 0) is 68.3 Å². The van der Waals surface area contributed by atoms with Crippen LogP contribution in [0.1, 0.15) is 21.7 Å². The average Bonchev–Trinajstić information content (AvgIpc) is 3.15. The van der Waals surface area contributed by atoms with Crippen LogP contribution in [-0.2, 0) is 11.4 Å². The number of nitrogens with one attached hydrogen (secondary N) is 1. The number of carbonyl (C=O) groups excluding carboxylic acids is 1. The molecule has 0 spiro atoms. The van der Waals surface area contributed by atoms with Crippen LogP contribution in [-0.4, -0.2) is 21.9 Å². The summed E-state index contributed by atoms with van der Waals surface area (Å²) in [4.78, 5) is 30.5. The molecule has 0 saturated carbocycles. The molecule has 0 atom stereocenters. The first-order valence-electron chi connectivity index (χ1n) is 10.1. The van der Waals surface area contributed by atoms with Crippen LogP contribution in [0.2, 0.25) is 0 Å². The number of hydrogen-bond donors (Lipinski definition) is 1. The molecule has 2 heterocycles. The minimum Gasteiger partial charge on any atom is -0.487 e. The summed E-state index contributed by atoms with van der Waals surface area (Å²) in [5.41, 5.74) is 3.37. The van der Waals surface area contributed by atoms with E-state index in [1.54, 1.807) is 30.5 Å². The largest absolute Gasteiger partial charge is 0.487 e. The Morgan fingerprint density at radius 2 is 1.75 bits per heavy atom. The highest BCUT2D eigenvalue weighted by Crippen LogP contribution is 2.19. The number of anilines is 1. The van der Waals surface area contributed by atoms with E-state index >= 15 is 0 Å². The fraction of sp³-hybridized carbons (Fsp3) is 0.208. The zero-order valence-electron chi connectivity index (χ0n) is 18.0. The molecule has 0 bridgehead atoms. The van der Waals surface area contributed by atoms with Gasteiger partial charge in [0.1, 0.15) is 18.1 Å². The van der Waals surface area contributed by atoms with Gasteiger partial charge in [-0.15, -0.1) is 11.3 Å². The van der Waals surface area contributed by atoms with Crippen LogP contribution in [0.5, 0.6) is 11.5 Å². The van der Waals surface area contributed by atoms with Crippen molar-refractivity contribution >= 4 is 27.9 Å². The van der Waals surface area contributed by atoms with E-state index in [0.29, 0.717) is 27.8 Å². The maximum Gasteiger partial charge on any atom is 0.262 e. The van der Waals surface area contributed by atoms with Gasteiger partial charge in [0.05, 0.1) is 5.69 Å². The fourth-order valence-electron chi connectivity index (χ4n) is 3.07. The standard InChI is InChI=1S/C24H23N3O4S/c1-15-4-7-21(10-16(15)2)31-14-22(28)25-18-5-8-20(9-6-18)30-13-19-11-23(29)27-12-17(3)32-24(27)26-19/h4-12H,13-14H2,1-3H3,(H,25,28). The molecule has 7 nitrogen and oxygen atoms in total. The summed E-state index contributed by atoms with van der Waals surface area (Å²) in [6.45, 7) is 6.07. The van der Waals surface area contributed by atoms with Crippen molar-refractivity contribution in [3.8, 4) is 11.5 Å². The Hall–Kier alpha value is -3.65. The summed E-state index contributed by atoms with van der Waals surface area (Å²) < 4.78 is 12.8. The number of carbonyl (C=O) groups is 1. The summed E-state index contributed by atoms with van der Waals surface area (Å²) >= 11 is 1.46. The highest BCUT2D eigenvalue weighted by molar-refractivity contribution is 7.16. The molecule has 0 aliphatic carbocycles. The third-order valence-corrected chi connectivity index (χ3v) is 5.81. The van der Waals surface area contributed by atoms with E-state index in [2.05, 4.69) is 10.3 Å². The van der Waals surface area contributed by atoms with Crippen molar-refractivity contribution in [2.75, 3.05) is 11.9 Å².